The van der Waals surface area contributed by atoms with E-state index in [2.05, 4.69) is 17.2 Å². The Labute approximate surface area is 157 Å². The van der Waals surface area contributed by atoms with Crippen molar-refractivity contribution in [3.63, 3.8) is 0 Å². The molecule has 1 aliphatic heterocycles. The van der Waals surface area contributed by atoms with Gasteiger partial charge in [-0.05, 0) is 30.5 Å². The fraction of sp³-hybridized carbons (Fsp3) is 0.227. The molecule has 0 spiro atoms. The minimum Gasteiger partial charge on any atom is -0.336 e. The van der Waals surface area contributed by atoms with Crippen LogP contribution in [-0.2, 0) is 24.3 Å². The number of amides is 1. The molecule has 0 radical (unpaired) electrons. The quantitative estimate of drug-likeness (QED) is 0.723. The van der Waals surface area contributed by atoms with Crippen LogP contribution in [0.25, 0.3) is 11.3 Å². The van der Waals surface area contributed by atoms with Gasteiger partial charge in [0.1, 0.15) is 6.54 Å². The summed E-state index contributed by atoms with van der Waals surface area (Å²) in [5.74, 6) is -0.0832. The summed E-state index contributed by atoms with van der Waals surface area (Å²) in [6, 6.07) is 19.3. The van der Waals surface area contributed by atoms with Crippen molar-refractivity contribution < 1.29 is 4.79 Å². The summed E-state index contributed by atoms with van der Waals surface area (Å²) in [4.78, 5) is 26.8. The highest BCUT2D eigenvalue weighted by atomic mass is 16.2. The SMILES string of the molecule is Cc1ccc(-c2ccc(=O)n(CC(=O)N3CCc4ccccc4C3)n2)cc1. The summed E-state index contributed by atoms with van der Waals surface area (Å²) in [6.07, 6.45) is 0.841. The van der Waals surface area contributed by atoms with Gasteiger partial charge in [0.15, 0.2) is 0 Å². The lowest BCUT2D eigenvalue weighted by atomic mass is 10.00. The number of aromatic nitrogens is 2. The Morgan fingerprint density at radius 3 is 2.52 bits per heavy atom. The maximum Gasteiger partial charge on any atom is 0.267 e. The molecule has 0 N–H and O–H groups in total. The van der Waals surface area contributed by atoms with Gasteiger partial charge in [-0.15, -0.1) is 0 Å². The van der Waals surface area contributed by atoms with E-state index in [4.69, 9.17) is 0 Å². The Morgan fingerprint density at radius 2 is 1.74 bits per heavy atom. The Bertz CT molecular complexity index is 1040. The topological polar surface area (TPSA) is 55.2 Å². The largest absolute Gasteiger partial charge is 0.336 e. The molecule has 2 aromatic carbocycles. The molecule has 136 valence electrons. The van der Waals surface area contributed by atoms with Crippen LogP contribution in [0, 0.1) is 6.92 Å². The molecule has 0 bridgehead atoms. The van der Waals surface area contributed by atoms with Gasteiger partial charge in [0, 0.05) is 24.7 Å². The maximum absolute atomic E-state index is 12.7. The first-order valence-corrected chi connectivity index (χ1v) is 9.10. The van der Waals surface area contributed by atoms with Crippen LogP contribution in [0.1, 0.15) is 16.7 Å². The minimum absolute atomic E-state index is 0.0410. The van der Waals surface area contributed by atoms with Gasteiger partial charge >= 0.3 is 0 Å². The molecule has 0 aliphatic carbocycles. The van der Waals surface area contributed by atoms with E-state index in [1.54, 1.807) is 11.0 Å². The van der Waals surface area contributed by atoms with Crippen LogP contribution in [0.2, 0.25) is 0 Å². The first-order chi connectivity index (χ1) is 13.1. The zero-order valence-corrected chi connectivity index (χ0v) is 15.3. The monoisotopic (exact) mass is 359 g/mol. The number of rotatable bonds is 3. The normalized spacial score (nSPS) is 13.3. The first kappa shape index (κ1) is 17.2. The lowest BCUT2D eigenvalue weighted by Gasteiger charge is -2.29. The molecule has 0 fully saturated rings. The number of hydrogen-bond donors (Lipinski definition) is 0. The van der Waals surface area contributed by atoms with Crippen LogP contribution < -0.4 is 5.56 Å². The molecule has 5 nitrogen and oxygen atoms in total. The van der Waals surface area contributed by atoms with Crippen molar-refractivity contribution in [1.29, 1.82) is 0 Å². The molecule has 3 aromatic rings. The van der Waals surface area contributed by atoms with Gasteiger partial charge in [-0.2, -0.15) is 5.10 Å². The molecule has 27 heavy (non-hydrogen) atoms. The highest BCUT2D eigenvalue weighted by molar-refractivity contribution is 5.76. The Kier molecular flexibility index (Phi) is 4.59. The van der Waals surface area contributed by atoms with E-state index >= 15 is 0 Å². The number of hydrogen-bond acceptors (Lipinski definition) is 3. The average molecular weight is 359 g/mol. The van der Waals surface area contributed by atoms with Gasteiger partial charge in [-0.1, -0.05) is 54.1 Å². The molecule has 0 saturated carbocycles. The standard InChI is InChI=1S/C22H21N3O2/c1-16-6-8-18(9-7-16)20-10-11-21(26)25(23-20)15-22(27)24-13-12-17-4-2-3-5-19(17)14-24/h2-11H,12-15H2,1H3. The average Bonchev–Trinajstić information content (AvgIpc) is 2.70. The van der Waals surface area contributed by atoms with Crippen molar-refractivity contribution >= 4 is 5.91 Å². The van der Waals surface area contributed by atoms with Gasteiger partial charge < -0.3 is 4.90 Å². The van der Waals surface area contributed by atoms with Crippen molar-refractivity contribution in [3.05, 3.63) is 87.7 Å². The summed E-state index contributed by atoms with van der Waals surface area (Å²) >= 11 is 0. The van der Waals surface area contributed by atoms with Crippen LogP contribution in [0.15, 0.2) is 65.5 Å². The summed E-state index contributed by atoms with van der Waals surface area (Å²) in [7, 11) is 0. The lowest BCUT2D eigenvalue weighted by molar-refractivity contribution is -0.133. The number of aryl methyl sites for hydroxylation is 1. The third-order valence-electron chi connectivity index (χ3n) is 4.98. The van der Waals surface area contributed by atoms with Crippen LogP contribution in [0.5, 0.6) is 0 Å². The van der Waals surface area contributed by atoms with E-state index in [0.717, 1.165) is 17.5 Å². The van der Waals surface area contributed by atoms with Crippen molar-refractivity contribution in [2.75, 3.05) is 6.54 Å². The smallest absolute Gasteiger partial charge is 0.267 e. The molecule has 0 unspecified atom stereocenters. The lowest BCUT2D eigenvalue weighted by Crippen LogP contribution is -2.40. The second-order valence-electron chi connectivity index (χ2n) is 6.91. The first-order valence-electron chi connectivity index (χ1n) is 9.10. The van der Waals surface area contributed by atoms with Crippen LogP contribution >= 0.6 is 0 Å². The number of carbonyl (C=O) groups excluding carboxylic acids is 1. The third-order valence-corrected chi connectivity index (χ3v) is 4.98. The maximum atomic E-state index is 12.7. The molecule has 1 amide bonds. The number of nitrogens with zero attached hydrogens (tertiary/aromatic N) is 3. The van der Waals surface area contributed by atoms with E-state index in [0.29, 0.717) is 18.8 Å². The number of fused-ring (bicyclic) bond motifs is 1. The molecule has 0 saturated heterocycles. The molecular formula is C22H21N3O2. The van der Waals surface area contributed by atoms with Crippen molar-refractivity contribution in [3.8, 4) is 11.3 Å². The van der Waals surface area contributed by atoms with Gasteiger partial charge in [0.25, 0.3) is 5.56 Å². The second-order valence-corrected chi connectivity index (χ2v) is 6.91. The molecule has 5 heteroatoms. The van der Waals surface area contributed by atoms with E-state index in [-0.39, 0.29) is 18.0 Å². The van der Waals surface area contributed by atoms with Gasteiger partial charge in [0.05, 0.1) is 5.69 Å². The minimum atomic E-state index is -0.267. The highest BCUT2D eigenvalue weighted by Crippen LogP contribution is 2.19. The number of benzene rings is 2. The summed E-state index contributed by atoms with van der Waals surface area (Å²) in [5, 5.41) is 4.41. The fourth-order valence-corrected chi connectivity index (χ4v) is 3.38. The van der Waals surface area contributed by atoms with Crippen LogP contribution in [-0.4, -0.2) is 27.1 Å². The van der Waals surface area contributed by atoms with Crippen LogP contribution in [0.4, 0.5) is 0 Å². The predicted octanol–water partition coefficient (Wildman–Crippen LogP) is 2.80. The zero-order chi connectivity index (χ0) is 18.8. The Morgan fingerprint density at radius 1 is 1.00 bits per heavy atom. The zero-order valence-electron chi connectivity index (χ0n) is 15.3. The summed E-state index contributed by atoms with van der Waals surface area (Å²) < 4.78 is 1.26. The molecule has 1 aromatic heterocycles. The predicted molar refractivity (Wildman–Crippen MR) is 104 cm³/mol. The van der Waals surface area contributed by atoms with E-state index < -0.39 is 0 Å². The molecule has 0 atom stereocenters. The Balaban J connectivity index is 1.54. The van der Waals surface area contributed by atoms with Gasteiger partial charge in [-0.25, -0.2) is 4.68 Å². The summed E-state index contributed by atoms with van der Waals surface area (Å²) in [6.45, 7) is 3.23. The third kappa shape index (κ3) is 3.67. The van der Waals surface area contributed by atoms with Gasteiger partial charge in [0.2, 0.25) is 5.91 Å². The Hall–Kier alpha value is -3.21. The molecule has 4 rings (SSSR count). The second kappa shape index (κ2) is 7.19. The molecular weight excluding hydrogens is 338 g/mol. The fourth-order valence-electron chi connectivity index (χ4n) is 3.38. The van der Waals surface area contributed by atoms with E-state index in [9.17, 15) is 9.59 Å². The van der Waals surface area contributed by atoms with E-state index in [1.807, 2.05) is 43.3 Å². The number of carbonyl (C=O) groups is 1. The molecule has 2 heterocycles. The summed E-state index contributed by atoms with van der Waals surface area (Å²) in [5.41, 5.74) is 4.97. The van der Waals surface area contributed by atoms with E-state index in [1.165, 1.54) is 21.9 Å². The molecule has 1 aliphatic rings. The van der Waals surface area contributed by atoms with Crippen molar-refractivity contribution in [2.24, 2.45) is 0 Å². The van der Waals surface area contributed by atoms with Crippen molar-refractivity contribution in [1.82, 2.24) is 14.7 Å². The van der Waals surface area contributed by atoms with Crippen LogP contribution in [0.3, 0.4) is 0 Å². The van der Waals surface area contributed by atoms with Crippen molar-refractivity contribution in [2.45, 2.75) is 26.4 Å². The van der Waals surface area contributed by atoms with Gasteiger partial charge in [-0.3, -0.25) is 9.59 Å². The highest BCUT2D eigenvalue weighted by Gasteiger charge is 2.21.